The van der Waals surface area contributed by atoms with Crippen molar-refractivity contribution in [1.29, 1.82) is 0 Å². The highest BCUT2D eigenvalue weighted by Gasteiger charge is 2.47. The van der Waals surface area contributed by atoms with Crippen molar-refractivity contribution in [2.45, 2.75) is 64.5 Å². The zero-order valence-corrected chi connectivity index (χ0v) is 13.3. The quantitative estimate of drug-likeness (QED) is 0.785. The first kappa shape index (κ1) is 15.8. The largest absolute Gasteiger partial charge is 0.465 e. The minimum atomic E-state index is -0.432. The molecule has 0 radical (unpaired) electrons. The highest BCUT2D eigenvalue weighted by molar-refractivity contribution is 5.81. The van der Waals surface area contributed by atoms with E-state index in [0.29, 0.717) is 12.6 Å². The molecule has 1 heterocycles. The molecule has 1 aliphatic heterocycles. The van der Waals surface area contributed by atoms with Crippen LogP contribution in [0.5, 0.6) is 0 Å². The van der Waals surface area contributed by atoms with Crippen LogP contribution in [0, 0.1) is 5.92 Å². The van der Waals surface area contributed by atoms with Crippen molar-refractivity contribution in [3.63, 3.8) is 0 Å². The maximum atomic E-state index is 12.3. The second-order valence-corrected chi connectivity index (χ2v) is 6.45. The molecule has 0 amide bonds. The summed E-state index contributed by atoms with van der Waals surface area (Å²) in [7, 11) is 0. The predicted octanol–water partition coefficient (Wildman–Crippen LogP) is 2.18. The Kier molecular flexibility index (Phi) is 5.44. The molecule has 4 heteroatoms. The Morgan fingerprint density at radius 2 is 2.00 bits per heavy atom. The van der Waals surface area contributed by atoms with Gasteiger partial charge in [0.1, 0.15) is 5.54 Å². The van der Waals surface area contributed by atoms with E-state index < -0.39 is 5.54 Å². The number of nitrogens with one attached hydrogen (secondary N) is 1. The summed E-state index contributed by atoms with van der Waals surface area (Å²) in [5.74, 6) is 0.811. The number of hydrogen-bond acceptors (Lipinski definition) is 4. The second-order valence-electron chi connectivity index (χ2n) is 6.45. The van der Waals surface area contributed by atoms with E-state index >= 15 is 0 Å². The van der Waals surface area contributed by atoms with Gasteiger partial charge in [-0.15, -0.1) is 0 Å². The first-order valence-corrected chi connectivity index (χ1v) is 8.27. The van der Waals surface area contributed by atoms with Crippen LogP contribution in [0.1, 0.15) is 52.9 Å². The highest BCUT2D eigenvalue weighted by atomic mass is 16.5. The standard InChI is InChI=1S/C16H30N2O2/c1-4-17-16(15(19)20-5-2)9-6-14(12-16)18-10-7-13(3)8-11-18/h13-14,17H,4-12H2,1-3H3. The monoisotopic (exact) mass is 282 g/mol. The molecule has 1 N–H and O–H groups in total. The molecule has 20 heavy (non-hydrogen) atoms. The lowest BCUT2D eigenvalue weighted by Crippen LogP contribution is -2.52. The normalized spacial score (nSPS) is 32.5. The fourth-order valence-electron chi connectivity index (χ4n) is 3.75. The topological polar surface area (TPSA) is 41.6 Å². The summed E-state index contributed by atoms with van der Waals surface area (Å²) < 4.78 is 5.31. The van der Waals surface area contributed by atoms with E-state index in [-0.39, 0.29) is 5.97 Å². The molecule has 1 saturated heterocycles. The van der Waals surface area contributed by atoms with Crippen LogP contribution in [0.25, 0.3) is 0 Å². The summed E-state index contributed by atoms with van der Waals surface area (Å²) in [5.41, 5.74) is -0.432. The third-order valence-electron chi connectivity index (χ3n) is 5.00. The Bertz CT molecular complexity index is 326. The maximum absolute atomic E-state index is 12.3. The molecule has 2 aliphatic rings. The van der Waals surface area contributed by atoms with Gasteiger partial charge < -0.3 is 15.0 Å². The third kappa shape index (κ3) is 3.34. The van der Waals surface area contributed by atoms with Gasteiger partial charge in [0.05, 0.1) is 6.61 Å². The summed E-state index contributed by atoms with van der Waals surface area (Å²) >= 11 is 0. The Morgan fingerprint density at radius 3 is 2.60 bits per heavy atom. The van der Waals surface area contributed by atoms with Crippen molar-refractivity contribution >= 4 is 5.97 Å². The molecule has 2 unspecified atom stereocenters. The average molecular weight is 282 g/mol. The number of likely N-dealkylation sites (tertiary alicyclic amines) is 1. The first-order valence-electron chi connectivity index (χ1n) is 8.27. The van der Waals surface area contributed by atoms with Gasteiger partial charge in [0, 0.05) is 6.04 Å². The van der Waals surface area contributed by atoms with Gasteiger partial charge in [0.2, 0.25) is 0 Å². The van der Waals surface area contributed by atoms with E-state index in [1.807, 2.05) is 6.92 Å². The van der Waals surface area contributed by atoms with E-state index in [9.17, 15) is 4.79 Å². The lowest BCUT2D eigenvalue weighted by atomic mass is 9.95. The minimum Gasteiger partial charge on any atom is -0.465 e. The number of piperidine rings is 1. The van der Waals surface area contributed by atoms with E-state index in [1.54, 1.807) is 0 Å². The van der Waals surface area contributed by atoms with Crippen LogP contribution >= 0.6 is 0 Å². The van der Waals surface area contributed by atoms with Crippen LogP contribution in [-0.4, -0.2) is 48.7 Å². The maximum Gasteiger partial charge on any atom is 0.326 e. The van der Waals surface area contributed by atoms with Crippen molar-refractivity contribution in [2.75, 3.05) is 26.2 Å². The van der Waals surface area contributed by atoms with Gasteiger partial charge in [0.15, 0.2) is 0 Å². The van der Waals surface area contributed by atoms with Crippen LogP contribution in [0.15, 0.2) is 0 Å². The number of ether oxygens (including phenoxy) is 1. The fourth-order valence-corrected chi connectivity index (χ4v) is 3.75. The summed E-state index contributed by atoms with van der Waals surface area (Å²) in [4.78, 5) is 14.9. The molecule has 116 valence electrons. The highest BCUT2D eigenvalue weighted by Crippen LogP contribution is 2.35. The molecule has 2 rings (SSSR count). The van der Waals surface area contributed by atoms with Crippen molar-refractivity contribution < 1.29 is 9.53 Å². The lowest BCUT2D eigenvalue weighted by molar-refractivity contribution is -0.151. The van der Waals surface area contributed by atoms with Crippen LogP contribution in [-0.2, 0) is 9.53 Å². The zero-order chi connectivity index (χ0) is 14.6. The van der Waals surface area contributed by atoms with Gasteiger partial charge in [-0.05, 0) is 64.6 Å². The molecule has 1 saturated carbocycles. The van der Waals surface area contributed by atoms with Crippen LogP contribution in [0.2, 0.25) is 0 Å². The van der Waals surface area contributed by atoms with Crippen molar-refractivity contribution in [3.05, 3.63) is 0 Å². The molecule has 0 bridgehead atoms. The summed E-state index contributed by atoms with van der Waals surface area (Å²) in [6.45, 7) is 9.97. The van der Waals surface area contributed by atoms with E-state index in [4.69, 9.17) is 4.74 Å². The van der Waals surface area contributed by atoms with Crippen molar-refractivity contribution in [3.8, 4) is 0 Å². The Hall–Kier alpha value is -0.610. The summed E-state index contributed by atoms with van der Waals surface area (Å²) in [6, 6.07) is 0.547. The van der Waals surface area contributed by atoms with Gasteiger partial charge in [-0.3, -0.25) is 4.79 Å². The van der Waals surface area contributed by atoms with Crippen LogP contribution in [0.4, 0.5) is 0 Å². The Morgan fingerprint density at radius 1 is 1.30 bits per heavy atom. The number of rotatable bonds is 5. The van der Waals surface area contributed by atoms with E-state index in [0.717, 1.165) is 31.7 Å². The van der Waals surface area contributed by atoms with Gasteiger partial charge in [0.25, 0.3) is 0 Å². The van der Waals surface area contributed by atoms with Gasteiger partial charge in [-0.2, -0.15) is 0 Å². The molecule has 1 aliphatic carbocycles. The predicted molar refractivity (Wildman–Crippen MR) is 80.7 cm³/mol. The van der Waals surface area contributed by atoms with Gasteiger partial charge in [-0.25, -0.2) is 0 Å². The number of carbonyl (C=O) groups excluding carboxylic acids is 1. The second kappa shape index (κ2) is 6.90. The van der Waals surface area contributed by atoms with E-state index in [1.165, 1.54) is 25.9 Å². The molecule has 0 aromatic carbocycles. The third-order valence-corrected chi connectivity index (χ3v) is 5.00. The van der Waals surface area contributed by atoms with Gasteiger partial charge >= 0.3 is 5.97 Å². The summed E-state index contributed by atoms with van der Waals surface area (Å²) in [6.07, 6.45) is 5.53. The molecular weight excluding hydrogens is 252 g/mol. The van der Waals surface area contributed by atoms with Crippen molar-refractivity contribution in [2.24, 2.45) is 5.92 Å². The van der Waals surface area contributed by atoms with Crippen LogP contribution in [0.3, 0.4) is 0 Å². The first-order chi connectivity index (χ1) is 9.61. The molecular formula is C16H30N2O2. The average Bonchev–Trinajstić information content (AvgIpc) is 2.86. The lowest BCUT2D eigenvalue weighted by Gasteiger charge is -2.36. The molecule has 0 aromatic rings. The number of carbonyl (C=O) groups is 1. The molecule has 2 atom stereocenters. The fraction of sp³-hybridized carbons (Fsp3) is 0.938. The minimum absolute atomic E-state index is 0.0465. The summed E-state index contributed by atoms with van der Waals surface area (Å²) in [5, 5.41) is 3.42. The van der Waals surface area contributed by atoms with Crippen LogP contribution < -0.4 is 5.32 Å². The molecule has 2 fully saturated rings. The number of nitrogens with zero attached hydrogens (tertiary/aromatic N) is 1. The molecule has 0 spiro atoms. The van der Waals surface area contributed by atoms with Gasteiger partial charge in [-0.1, -0.05) is 13.8 Å². The van der Waals surface area contributed by atoms with Crippen molar-refractivity contribution in [1.82, 2.24) is 10.2 Å². The smallest absolute Gasteiger partial charge is 0.326 e. The molecule has 4 nitrogen and oxygen atoms in total. The Labute approximate surface area is 123 Å². The zero-order valence-electron chi connectivity index (χ0n) is 13.3. The Balaban J connectivity index is 1.98. The SMILES string of the molecule is CCNC1(C(=O)OCC)CCC(N2CCC(C)CC2)C1. The number of hydrogen-bond donors (Lipinski definition) is 1. The number of likely N-dealkylation sites (N-methyl/N-ethyl adjacent to an activating group) is 1. The number of esters is 1. The molecule has 0 aromatic heterocycles. The van der Waals surface area contributed by atoms with E-state index in [2.05, 4.69) is 24.1 Å².